The summed E-state index contributed by atoms with van der Waals surface area (Å²) in [4.78, 5) is 11.2. The van der Waals surface area contributed by atoms with Crippen molar-refractivity contribution in [1.29, 1.82) is 0 Å². The van der Waals surface area contributed by atoms with Crippen LogP contribution in [0, 0.1) is 0 Å². The lowest BCUT2D eigenvalue weighted by Crippen LogP contribution is -2.11. The SMILES string of the molecule is CCOC(=O)[C@H]1O[C@@H]1c1ccccc1. The number of carbonyl (C=O) groups excluding carboxylic acids is 1. The summed E-state index contributed by atoms with van der Waals surface area (Å²) in [5.74, 6) is -0.263. The molecule has 1 aromatic carbocycles. The number of hydrogen-bond acceptors (Lipinski definition) is 3. The summed E-state index contributed by atoms with van der Waals surface area (Å²) in [5.41, 5.74) is 1.03. The van der Waals surface area contributed by atoms with Crippen LogP contribution in [0.1, 0.15) is 18.6 Å². The van der Waals surface area contributed by atoms with Crippen LogP contribution in [0.3, 0.4) is 0 Å². The van der Waals surface area contributed by atoms with Gasteiger partial charge in [0, 0.05) is 0 Å². The zero-order chi connectivity index (χ0) is 9.97. The molecule has 0 saturated carbocycles. The Morgan fingerprint density at radius 2 is 2.14 bits per heavy atom. The third kappa shape index (κ3) is 1.77. The van der Waals surface area contributed by atoms with Crippen molar-refractivity contribution in [3.63, 3.8) is 0 Å². The maximum absolute atomic E-state index is 11.2. The third-order valence-corrected chi connectivity index (χ3v) is 2.14. The zero-order valence-electron chi connectivity index (χ0n) is 7.97. The third-order valence-electron chi connectivity index (χ3n) is 2.14. The Hall–Kier alpha value is -1.35. The fourth-order valence-corrected chi connectivity index (χ4v) is 1.41. The van der Waals surface area contributed by atoms with Crippen molar-refractivity contribution in [2.75, 3.05) is 6.61 Å². The molecule has 14 heavy (non-hydrogen) atoms. The molecule has 2 atom stereocenters. The van der Waals surface area contributed by atoms with Crippen molar-refractivity contribution < 1.29 is 14.3 Å². The van der Waals surface area contributed by atoms with Gasteiger partial charge in [-0.2, -0.15) is 0 Å². The van der Waals surface area contributed by atoms with E-state index in [0.717, 1.165) is 5.56 Å². The van der Waals surface area contributed by atoms with E-state index in [1.165, 1.54) is 0 Å². The maximum Gasteiger partial charge on any atom is 0.338 e. The molecule has 0 aliphatic carbocycles. The molecule has 1 fully saturated rings. The highest BCUT2D eigenvalue weighted by Crippen LogP contribution is 2.39. The number of hydrogen-bond donors (Lipinski definition) is 0. The van der Waals surface area contributed by atoms with Crippen LogP contribution in [0.25, 0.3) is 0 Å². The fourth-order valence-electron chi connectivity index (χ4n) is 1.41. The van der Waals surface area contributed by atoms with Crippen molar-refractivity contribution in [1.82, 2.24) is 0 Å². The van der Waals surface area contributed by atoms with Gasteiger partial charge in [0.2, 0.25) is 0 Å². The molecule has 0 aromatic heterocycles. The molecule has 0 spiro atoms. The summed E-state index contributed by atoms with van der Waals surface area (Å²) < 4.78 is 10.1. The Morgan fingerprint density at radius 3 is 2.79 bits per heavy atom. The van der Waals surface area contributed by atoms with Crippen molar-refractivity contribution in [2.45, 2.75) is 19.1 Å². The largest absolute Gasteiger partial charge is 0.464 e. The lowest BCUT2D eigenvalue weighted by Gasteiger charge is -1.96. The molecule has 74 valence electrons. The van der Waals surface area contributed by atoms with Gasteiger partial charge in [-0.15, -0.1) is 0 Å². The Bertz CT molecular complexity index is 321. The summed E-state index contributed by atoms with van der Waals surface area (Å²) in [5, 5.41) is 0. The molecule has 0 unspecified atom stereocenters. The fraction of sp³-hybridized carbons (Fsp3) is 0.364. The highest BCUT2D eigenvalue weighted by molar-refractivity contribution is 5.78. The molecule has 0 bridgehead atoms. The van der Waals surface area contributed by atoms with Crippen LogP contribution in [-0.4, -0.2) is 18.7 Å². The highest BCUT2D eigenvalue weighted by atomic mass is 16.6. The number of rotatable bonds is 3. The van der Waals surface area contributed by atoms with Gasteiger partial charge in [0.1, 0.15) is 6.10 Å². The molecule has 3 nitrogen and oxygen atoms in total. The number of epoxide rings is 1. The molecular formula is C11H12O3. The minimum atomic E-state index is -0.391. The standard InChI is InChI=1S/C11H12O3/c1-2-13-11(12)10-9(14-10)8-6-4-3-5-7-8/h3-7,9-10H,2H2,1H3/t9-,10+/m1/s1. The van der Waals surface area contributed by atoms with Gasteiger partial charge < -0.3 is 9.47 Å². The minimum absolute atomic E-state index is 0.102. The van der Waals surface area contributed by atoms with Crippen LogP contribution in [0.15, 0.2) is 30.3 Å². The molecule has 3 heteroatoms. The lowest BCUT2D eigenvalue weighted by molar-refractivity contribution is -0.144. The Kier molecular flexibility index (Phi) is 2.50. The summed E-state index contributed by atoms with van der Waals surface area (Å²) >= 11 is 0. The molecular weight excluding hydrogens is 180 g/mol. The Labute approximate surface area is 82.6 Å². The summed E-state index contributed by atoms with van der Waals surface area (Å²) in [6.45, 7) is 2.19. The second kappa shape index (κ2) is 3.80. The number of carbonyl (C=O) groups is 1. The summed E-state index contributed by atoms with van der Waals surface area (Å²) in [7, 11) is 0. The zero-order valence-corrected chi connectivity index (χ0v) is 7.97. The first-order valence-electron chi connectivity index (χ1n) is 4.70. The van der Waals surface area contributed by atoms with Crippen molar-refractivity contribution in [3.05, 3.63) is 35.9 Å². The topological polar surface area (TPSA) is 38.8 Å². The van der Waals surface area contributed by atoms with Crippen molar-refractivity contribution in [3.8, 4) is 0 Å². The van der Waals surface area contributed by atoms with E-state index in [0.29, 0.717) is 6.61 Å². The van der Waals surface area contributed by atoms with E-state index in [1.54, 1.807) is 6.92 Å². The van der Waals surface area contributed by atoms with Crippen molar-refractivity contribution in [2.24, 2.45) is 0 Å². The van der Waals surface area contributed by atoms with E-state index in [4.69, 9.17) is 9.47 Å². The summed E-state index contributed by atoms with van der Waals surface area (Å²) in [6.07, 6.45) is -0.493. The number of benzene rings is 1. The normalized spacial score (nSPS) is 24.4. The monoisotopic (exact) mass is 192 g/mol. The van der Waals surface area contributed by atoms with Gasteiger partial charge in [0.25, 0.3) is 0 Å². The van der Waals surface area contributed by atoms with Gasteiger partial charge in [-0.05, 0) is 12.5 Å². The van der Waals surface area contributed by atoms with Gasteiger partial charge in [0.15, 0.2) is 6.10 Å². The van der Waals surface area contributed by atoms with E-state index in [-0.39, 0.29) is 12.1 Å². The second-order valence-electron chi connectivity index (χ2n) is 3.14. The first kappa shape index (κ1) is 9.21. The van der Waals surface area contributed by atoms with Crippen LogP contribution < -0.4 is 0 Å². The van der Waals surface area contributed by atoms with E-state index < -0.39 is 6.10 Å². The Morgan fingerprint density at radius 1 is 1.43 bits per heavy atom. The summed E-state index contributed by atoms with van der Waals surface area (Å²) in [6, 6.07) is 9.69. The molecule has 1 aliphatic rings. The van der Waals surface area contributed by atoms with Gasteiger partial charge in [-0.3, -0.25) is 0 Å². The molecule has 0 amide bonds. The maximum atomic E-state index is 11.2. The first-order valence-corrected chi connectivity index (χ1v) is 4.70. The van der Waals surface area contributed by atoms with Crippen LogP contribution >= 0.6 is 0 Å². The molecule has 1 aliphatic heterocycles. The predicted octanol–water partition coefficient (Wildman–Crippen LogP) is 1.69. The number of esters is 1. The minimum Gasteiger partial charge on any atom is -0.464 e. The van der Waals surface area contributed by atoms with E-state index in [9.17, 15) is 4.79 Å². The smallest absolute Gasteiger partial charge is 0.338 e. The second-order valence-corrected chi connectivity index (χ2v) is 3.14. The molecule has 1 aromatic rings. The lowest BCUT2D eigenvalue weighted by atomic mass is 10.1. The van der Waals surface area contributed by atoms with Crippen molar-refractivity contribution >= 4 is 5.97 Å². The highest BCUT2D eigenvalue weighted by Gasteiger charge is 2.47. The molecule has 2 rings (SSSR count). The van der Waals surface area contributed by atoms with E-state index >= 15 is 0 Å². The van der Waals surface area contributed by atoms with Crippen LogP contribution in [0.5, 0.6) is 0 Å². The van der Waals surface area contributed by atoms with E-state index in [2.05, 4.69) is 0 Å². The first-order chi connectivity index (χ1) is 6.83. The average Bonchev–Trinajstić information content (AvgIpc) is 2.99. The van der Waals surface area contributed by atoms with Crippen LogP contribution in [0.4, 0.5) is 0 Å². The Balaban J connectivity index is 1.96. The van der Waals surface area contributed by atoms with Gasteiger partial charge in [-0.1, -0.05) is 30.3 Å². The van der Waals surface area contributed by atoms with Gasteiger partial charge >= 0.3 is 5.97 Å². The van der Waals surface area contributed by atoms with Crippen LogP contribution in [-0.2, 0) is 14.3 Å². The molecule has 1 heterocycles. The molecule has 0 N–H and O–H groups in total. The van der Waals surface area contributed by atoms with E-state index in [1.807, 2.05) is 30.3 Å². The molecule has 1 saturated heterocycles. The van der Waals surface area contributed by atoms with Gasteiger partial charge in [-0.25, -0.2) is 4.79 Å². The predicted molar refractivity (Wildman–Crippen MR) is 50.7 cm³/mol. The molecule has 0 radical (unpaired) electrons. The van der Waals surface area contributed by atoms with Crippen LogP contribution in [0.2, 0.25) is 0 Å². The van der Waals surface area contributed by atoms with Gasteiger partial charge in [0.05, 0.1) is 6.61 Å². The number of ether oxygens (including phenoxy) is 2. The quantitative estimate of drug-likeness (QED) is 0.540. The average molecular weight is 192 g/mol.